The van der Waals surface area contributed by atoms with Gasteiger partial charge in [-0.2, -0.15) is 0 Å². The Hall–Kier alpha value is -2.70. The van der Waals surface area contributed by atoms with Crippen molar-refractivity contribution < 1.29 is 34.1 Å². The van der Waals surface area contributed by atoms with Crippen LogP contribution >= 0.6 is 0 Å². The molecule has 0 fully saturated rings. The van der Waals surface area contributed by atoms with Crippen LogP contribution in [-0.4, -0.2) is 120 Å². The smallest absolute Gasteiger partial charge is 0.317 e. The zero-order valence-electron chi connectivity index (χ0n) is 24.5. The molecule has 1 aromatic carbocycles. The van der Waals surface area contributed by atoms with Crippen molar-refractivity contribution in [1.82, 2.24) is 14.7 Å². The lowest BCUT2D eigenvalue weighted by Crippen LogP contribution is -2.43. The summed E-state index contributed by atoms with van der Waals surface area (Å²) in [5.41, 5.74) is 7.84. The van der Waals surface area contributed by atoms with Crippen LogP contribution in [0.5, 0.6) is 0 Å². The second-order valence-electron chi connectivity index (χ2n) is 10.7. The average Bonchev–Trinajstić information content (AvgIpc) is 2.87. The minimum absolute atomic E-state index is 0.0148. The minimum Gasteiger partial charge on any atom is -0.480 e. The summed E-state index contributed by atoms with van der Waals surface area (Å²) in [7, 11) is 1.71. The highest BCUT2D eigenvalue weighted by Crippen LogP contribution is 2.10. The molecule has 11 heteroatoms. The number of nitrogens with zero attached hydrogens (tertiary/aromatic N) is 3. The third-order valence-electron chi connectivity index (χ3n) is 6.51. The lowest BCUT2D eigenvalue weighted by molar-refractivity contribution is -0.139. The van der Waals surface area contributed by atoms with Crippen LogP contribution in [0.2, 0.25) is 0 Å². The summed E-state index contributed by atoms with van der Waals surface area (Å²) in [6.07, 6.45) is 1.57. The first kappa shape index (κ1) is 35.3. The van der Waals surface area contributed by atoms with Crippen molar-refractivity contribution in [3.05, 3.63) is 35.4 Å². The van der Waals surface area contributed by atoms with Crippen molar-refractivity contribution in [1.29, 1.82) is 0 Å². The summed E-state index contributed by atoms with van der Waals surface area (Å²) in [6, 6.07) is 7.23. The van der Waals surface area contributed by atoms with Crippen LogP contribution in [0.4, 0.5) is 0 Å². The lowest BCUT2D eigenvalue weighted by Gasteiger charge is -2.27. The molecule has 0 saturated carbocycles. The molecule has 0 aliphatic rings. The Kier molecular flexibility index (Phi) is 17.1. The van der Waals surface area contributed by atoms with E-state index in [4.69, 9.17) is 20.7 Å². The van der Waals surface area contributed by atoms with Gasteiger partial charge in [-0.3, -0.25) is 33.9 Å². The zero-order chi connectivity index (χ0) is 30.1. The molecule has 0 aliphatic carbocycles. The molecule has 0 amide bonds. The molecular formula is C29H48N4O7. The maximum absolute atomic E-state index is 12.8. The number of carbonyl (C=O) groups is 4. The molecule has 1 atom stereocenters. The van der Waals surface area contributed by atoms with E-state index in [1.54, 1.807) is 16.8 Å². The predicted octanol–water partition coefficient (Wildman–Crippen LogP) is 1.37. The highest BCUT2D eigenvalue weighted by Gasteiger charge is 2.16. The van der Waals surface area contributed by atoms with Gasteiger partial charge in [0.05, 0.1) is 32.3 Å². The van der Waals surface area contributed by atoms with Gasteiger partial charge in [-0.25, -0.2) is 0 Å². The van der Waals surface area contributed by atoms with Crippen LogP contribution in [0.15, 0.2) is 24.3 Å². The molecule has 4 N–H and O–H groups in total. The Morgan fingerprint density at radius 1 is 0.875 bits per heavy atom. The number of likely N-dealkylation sites (N-methyl/N-ethyl adjacent to an activating group) is 2. The quantitative estimate of drug-likeness (QED) is 0.177. The first-order valence-corrected chi connectivity index (χ1v) is 13.9. The van der Waals surface area contributed by atoms with Crippen LogP contribution in [-0.2, 0) is 36.9 Å². The fraction of sp³-hybridized carbons (Fsp3) is 0.655. The minimum atomic E-state index is -0.916. The van der Waals surface area contributed by atoms with E-state index in [1.165, 1.54) is 0 Å². The summed E-state index contributed by atoms with van der Waals surface area (Å²) in [6.45, 7) is 8.83. The number of nitrogens with two attached hydrogens (primary N) is 1. The summed E-state index contributed by atoms with van der Waals surface area (Å²) in [5.74, 6) is -1.51. The standard InChI is InChI=1S/C29H48N4O7/c1-5-32(19-29(38)39)14-15-33(13-12-31(4)18-28(36)37)17-25(34)11-10-23-6-8-24(9-7-23)20-40-21-27(35)26(30)16-22(2)3/h6-9,22,26H,5,10-21,30H2,1-4H3,(H,36,37)(H,38,39)/t26-/m1/s1. The monoisotopic (exact) mass is 564 g/mol. The van der Waals surface area contributed by atoms with Gasteiger partial charge in [0.25, 0.3) is 0 Å². The van der Waals surface area contributed by atoms with Crippen LogP contribution in [0.25, 0.3) is 0 Å². The highest BCUT2D eigenvalue weighted by atomic mass is 16.5. The fourth-order valence-electron chi connectivity index (χ4n) is 4.15. The number of carboxylic acids is 2. The fourth-order valence-corrected chi connectivity index (χ4v) is 4.15. The molecule has 1 aromatic rings. The molecule has 1 rings (SSSR count). The summed E-state index contributed by atoms with van der Waals surface area (Å²) in [5, 5.41) is 18.1. The van der Waals surface area contributed by atoms with E-state index >= 15 is 0 Å². The molecule has 0 aromatic heterocycles. The molecule has 0 bridgehead atoms. The normalized spacial score (nSPS) is 12.4. The largest absolute Gasteiger partial charge is 0.480 e. The Morgan fingerprint density at radius 2 is 1.45 bits per heavy atom. The number of ketones is 2. The van der Waals surface area contributed by atoms with Gasteiger partial charge in [-0.15, -0.1) is 0 Å². The van der Waals surface area contributed by atoms with Crippen LogP contribution < -0.4 is 5.73 Å². The molecule has 226 valence electrons. The molecule has 0 heterocycles. The molecule has 40 heavy (non-hydrogen) atoms. The van der Waals surface area contributed by atoms with Gasteiger partial charge >= 0.3 is 11.9 Å². The molecule has 0 radical (unpaired) electrons. The molecule has 0 unspecified atom stereocenters. The maximum atomic E-state index is 12.8. The molecule has 0 aliphatic heterocycles. The zero-order valence-corrected chi connectivity index (χ0v) is 24.5. The first-order valence-electron chi connectivity index (χ1n) is 13.9. The van der Waals surface area contributed by atoms with E-state index in [0.29, 0.717) is 64.5 Å². The van der Waals surface area contributed by atoms with Gasteiger partial charge in [0, 0.05) is 32.6 Å². The van der Waals surface area contributed by atoms with Gasteiger partial charge in [-0.1, -0.05) is 45.0 Å². The van der Waals surface area contributed by atoms with E-state index in [-0.39, 0.29) is 37.8 Å². The van der Waals surface area contributed by atoms with Gasteiger partial charge in [0.2, 0.25) is 0 Å². The van der Waals surface area contributed by atoms with Crippen molar-refractivity contribution >= 4 is 23.5 Å². The predicted molar refractivity (Wildman–Crippen MR) is 153 cm³/mol. The van der Waals surface area contributed by atoms with Gasteiger partial charge in [-0.05, 0) is 43.5 Å². The van der Waals surface area contributed by atoms with Crippen molar-refractivity contribution in [2.75, 3.05) is 66.0 Å². The number of carboxylic acid groups (broad SMARTS) is 2. The summed E-state index contributed by atoms with van der Waals surface area (Å²) in [4.78, 5) is 52.4. The van der Waals surface area contributed by atoms with E-state index < -0.39 is 18.0 Å². The molecule has 0 spiro atoms. The lowest BCUT2D eigenvalue weighted by atomic mass is 10.0. The van der Waals surface area contributed by atoms with Crippen LogP contribution in [0, 0.1) is 5.92 Å². The van der Waals surface area contributed by atoms with Crippen molar-refractivity contribution in [3.63, 3.8) is 0 Å². The second-order valence-corrected chi connectivity index (χ2v) is 10.7. The highest BCUT2D eigenvalue weighted by molar-refractivity contribution is 5.84. The summed E-state index contributed by atoms with van der Waals surface area (Å²) < 4.78 is 5.53. The SMILES string of the molecule is CCN(CCN(CCN(C)CC(=O)O)CC(=O)CCc1ccc(COCC(=O)[C@H](N)CC(C)C)cc1)CC(=O)O. The number of carbonyl (C=O) groups excluding carboxylic acids is 2. The van der Waals surface area contributed by atoms with Crippen LogP contribution in [0.3, 0.4) is 0 Å². The molecule has 11 nitrogen and oxygen atoms in total. The van der Waals surface area contributed by atoms with Crippen molar-refractivity contribution in [3.8, 4) is 0 Å². The Morgan fingerprint density at radius 3 is 2.02 bits per heavy atom. The Bertz CT molecular complexity index is 923. The van der Waals surface area contributed by atoms with E-state index in [0.717, 1.165) is 11.1 Å². The maximum Gasteiger partial charge on any atom is 0.317 e. The van der Waals surface area contributed by atoms with E-state index in [1.807, 2.05) is 49.9 Å². The third-order valence-corrected chi connectivity index (χ3v) is 6.51. The van der Waals surface area contributed by atoms with E-state index in [9.17, 15) is 19.2 Å². The van der Waals surface area contributed by atoms with E-state index in [2.05, 4.69) is 0 Å². The van der Waals surface area contributed by atoms with Crippen molar-refractivity contribution in [2.45, 2.75) is 52.7 Å². The van der Waals surface area contributed by atoms with Crippen LogP contribution in [0.1, 0.15) is 44.7 Å². The molecular weight excluding hydrogens is 516 g/mol. The number of benzene rings is 1. The Balaban J connectivity index is 2.56. The Labute approximate surface area is 238 Å². The van der Waals surface area contributed by atoms with Gasteiger partial charge in [0.15, 0.2) is 5.78 Å². The van der Waals surface area contributed by atoms with Gasteiger partial charge in [0.1, 0.15) is 12.4 Å². The number of hydrogen-bond donors (Lipinski definition) is 3. The number of hydrogen-bond acceptors (Lipinski definition) is 9. The summed E-state index contributed by atoms with van der Waals surface area (Å²) >= 11 is 0. The number of Topliss-reactive ketones (excluding diaryl/α,β-unsaturated/α-hetero) is 2. The number of aryl methyl sites for hydroxylation is 1. The topological polar surface area (TPSA) is 154 Å². The van der Waals surface area contributed by atoms with Crippen molar-refractivity contribution in [2.24, 2.45) is 11.7 Å². The van der Waals surface area contributed by atoms with Gasteiger partial charge < -0.3 is 20.7 Å². The third kappa shape index (κ3) is 16.4. The number of aliphatic carboxylic acids is 2. The first-order chi connectivity index (χ1) is 18.9. The second kappa shape index (κ2) is 19.4. The number of ether oxygens (including phenoxy) is 1. The molecule has 0 saturated heterocycles. The average molecular weight is 565 g/mol. The number of rotatable bonds is 23.